The van der Waals surface area contributed by atoms with Crippen molar-refractivity contribution < 1.29 is 9.18 Å². The van der Waals surface area contributed by atoms with Crippen LogP contribution < -0.4 is 5.32 Å². The van der Waals surface area contributed by atoms with Gasteiger partial charge in [-0.15, -0.1) is 0 Å². The highest BCUT2D eigenvalue weighted by atomic mass is 19.1. The van der Waals surface area contributed by atoms with E-state index in [-0.39, 0.29) is 17.8 Å². The fourth-order valence-electron chi connectivity index (χ4n) is 3.01. The first kappa shape index (κ1) is 15.1. The summed E-state index contributed by atoms with van der Waals surface area (Å²) in [6.45, 7) is 1.20. The van der Waals surface area contributed by atoms with Gasteiger partial charge in [-0.2, -0.15) is 0 Å². The van der Waals surface area contributed by atoms with Gasteiger partial charge >= 0.3 is 0 Å². The average Bonchev–Trinajstić information content (AvgIpc) is 3.39. The molecule has 0 bridgehead atoms. The Kier molecular flexibility index (Phi) is 3.88. The molecule has 5 nitrogen and oxygen atoms in total. The van der Waals surface area contributed by atoms with Gasteiger partial charge in [0.05, 0.1) is 0 Å². The summed E-state index contributed by atoms with van der Waals surface area (Å²) < 4.78 is 13.0. The molecule has 1 N–H and O–H groups in total. The predicted octanol–water partition coefficient (Wildman–Crippen LogP) is 2.71. The molecule has 6 heteroatoms. The Morgan fingerprint density at radius 1 is 1.17 bits per heavy atom. The van der Waals surface area contributed by atoms with Crippen LogP contribution in [0.15, 0.2) is 36.5 Å². The molecule has 124 valence electrons. The zero-order chi connectivity index (χ0) is 16.5. The van der Waals surface area contributed by atoms with E-state index in [2.05, 4.69) is 15.3 Å². The largest absolute Gasteiger partial charge is 0.358 e. The average molecular weight is 326 g/mol. The zero-order valence-electron chi connectivity index (χ0n) is 13.3. The summed E-state index contributed by atoms with van der Waals surface area (Å²) in [5.74, 6) is 1.87. The molecule has 2 aromatic rings. The number of anilines is 1. The summed E-state index contributed by atoms with van der Waals surface area (Å²) in [6.07, 6.45) is 4.79. The molecule has 1 amide bonds. The zero-order valence-corrected chi connectivity index (χ0v) is 13.3. The third kappa shape index (κ3) is 3.22. The lowest BCUT2D eigenvalue weighted by Crippen LogP contribution is -2.33. The Labute approximate surface area is 139 Å². The van der Waals surface area contributed by atoms with Crippen LogP contribution in [0.4, 0.5) is 10.2 Å². The molecular weight excluding hydrogens is 307 g/mol. The first-order valence-corrected chi connectivity index (χ1v) is 8.32. The second kappa shape index (κ2) is 6.19. The van der Waals surface area contributed by atoms with Gasteiger partial charge in [-0.3, -0.25) is 4.79 Å². The topological polar surface area (TPSA) is 58.1 Å². The van der Waals surface area contributed by atoms with Gasteiger partial charge in [0.25, 0.3) is 0 Å². The van der Waals surface area contributed by atoms with Crippen molar-refractivity contribution >= 4 is 11.7 Å². The molecule has 1 atom stereocenters. The highest BCUT2D eigenvalue weighted by Crippen LogP contribution is 2.38. The van der Waals surface area contributed by atoms with E-state index in [0.717, 1.165) is 30.7 Å². The number of hydrogen-bond acceptors (Lipinski definition) is 4. The van der Waals surface area contributed by atoms with E-state index < -0.39 is 0 Å². The molecule has 1 aromatic carbocycles. The Morgan fingerprint density at radius 2 is 1.96 bits per heavy atom. The molecule has 1 aliphatic heterocycles. The number of likely N-dealkylation sites (tertiary alicyclic amines) is 1. The van der Waals surface area contributed by atoms with E-state index in [0.29, 0.717) is 24.8 Å². The molecule has 4 rings (SSSR count). The summed E-state index contributed by atoms with van der Waals surface area (Å²) in [6, 6.07) is 7.83. The maximum Gasteiger partial charge on any atom is 0.245 e. The maximum atomic E-state index is 13.0. The molecule has 1 saturated heterocycles. The highest BCUT2D eigenvalue weighted by Gasteiger charge is 2.32. The van der Waals surface area contributed by atoms with Gasteiger partial charge < -0.3 is 10.2 Å². The lowest BCUT2D eigenvalue weighted by molar-refractivity contribution is -0.128. The van der Waals surface area contributed by atoms with E-state index in [9.17, 15) is 9.18 Å². The number of carbonyl (C=O) groups is 1. The lowest BCUT2D eigenvalue weighted by atomic mass is 10.2. The Hall–Kier alpha value is -2.50. The van der Waals surface area contributed by atoms with Crippen molar-refractivity contribution in [2.45, 2.75) is 37.8 Å². The summed E-state index contributed by atoms with van der Waals surface area (Å²) in [5, 5.41) is 3.24. The number of rotatable bonds is 5. The molecule has 0 radical (unpaired) electrons. The number of benzene rings is 1. The minimum atomic E-state index is -0.263. The van der Waals surface area contributed by atoms with Crippen LogP contribution in [0.2, 0.25) is 0 Å². The van der Waals surface area contributed by atoms with E-state index in [1.165, 1.54) is 12.1 Å². The summed E-state index contributed by atoms with van der Waals surface area (Å²) >= 11 is 0. The first-order chi connectivity index (χ1) is 11.7. The van der Waals surface area contributed by atoms with Crippen molar-refractivity contribution in [3.8, 4) is 0 Å². The maximum absolute atomic E-state index is 13.0. The second-order valence-corrected chi connectivity index (χ2v) is 6.45. The Balaban J connectivity index is 1.39. The van der Waals surface area contributed by atoms with Crippen LogP contribution in [-0.4, -0.2) is 33.4 Å². The van der Waals surface area contributed by atoms with Gasteiger partial charge in [0.2, 0.25) is 5.91 Å². The van der Waals surface area contributed by atoms with Crippen LogP contribution in [-0.2, 0) is 11.3 Å². The summed E-state index contributed by atoms with van der Waals surface area (Å²) in [5.41, 5.74) is 0.934. The van der Waals surface area contributed by atoms with Crippen LogP contribution >= 0.6 is 0 Å². The van der Waals surface area contributed by atoms with Crippen molar-refractivity contribution in [3.63, 3.8) is 0 Å². The minimum Gasteiger partial charge on any atom is -0.358 e. The summed E-state index contributed by atoms with van der Waals surface area (Å²) in [4.78, 5) is 23.2. The van der Waals surface area contributed by atoms with E-state index in [1.54, 1.807) is 23.2 Å². The fraction of sp³-hybridized carbons (Fsp3) is 0.389. The van der Waals surface area contributed by atoms with Crippen molar-refractivity contribution in [2.24, 2.45) is 0 Å². The van der Waals surface area contributed by atoms with Crippen molar-refractivity contribution in [1.29, 1.82) is 0 Å². The Morgan fingerprint density at radius 3 is 2.71 bits per heavy atom. The third-order valence-electron chi connectivity index (χ3n) is 4.52. The quantitative estimate of drug-likeness (QED) is 0.918. The molecule has 2 heterocycles. The molecule has 0 spiro atoms. The van der Waals surface area contributed by atoms with Gasteiger partial charge in [0.15, 0.2) is 0 Å². The van der Waals surface area contributed by atoms with E-state index in [1.807, 2.05) is 6.07 Å². The van der Waals surface area contributed by atoms with Crippen LogP contribution in [0.1, 0.15) is 36.6 Å². The predicted molar refractivity (Wildman–Crippen MR) is 87.9 cm³/mol. The van der Waals surface area contributed by atoms with Crippen molar-refractivity contribution in [1.82, 2.24) is 14.9 Å². The van der Waals surface area contributed by atoms with Gasteiger partial charge in [0.1, 0.15) is 23.5 Å². The molecular formula is C18H19FN4O. The van der Waals surface area contributed by atoms with Crippen molar-refractivity contribution in [2.75, 3.05) is 11.9 Å². The van der Waals surface area contributed by atoms with E-state index in [4.69, 9.17) is 0 Å². The summed E-state index contributed by atoms with van der Waals surface area (Å²) in [7, 11) is 0. The number of halogens is 1. The van der Waals surface area contributed by atoms with Crippen molar-refractivity contribution in [3.05, 3.63) is 53.7 Å². The number of nitrogens with zero attached hydrogens (tertiary/aromatic N) is 3. The molecule has 1 aromatic heterocycles. The van der Waals surface area contributed by atoms with Crippen LogP contribution in [0, 0.1) is 5.82 Å². The normalized spacial score (nSPS) is 20.5. The van der Waals surface area contributed by atoms with Crippen LogP contribution in [0.25, 0.3) is 0 Å². The SMILES string of the molecule is O=C1C(Nc2ccnc(C3CC3)n2)CCN1Cc1ccc(F)cc1. The number of nitrogens with one attached hydrogen (secondary N) is 1. The molecule has 2 aliphatic rings. The van der Waals surface area contributed by atoms with Gasteiger partial charge in [0, 0.05) is 25.2 Å². The van der Waals surface area contributed by atoms with Crippen LogP contribution in [0.5, 0.6) is 0 Å². The molecule has 2 fully saturated rings. The van der Waals surface area contributed by atoms with Gasteiger partial charge in [-0.25, -0.2) is 14.4 Å². The highest BCUT2D eigenvalue weighted by molar-refractivity contribution is 5.86. The number of amides is 1. The van der Waals surface area contributed by atoms with Crippen LogP contribution in [0.3, 0.4) is 0 Å². The van der Waals surface area contributed by atoms with Gasteiger partial charge in [-0.1, -0.05) is 12.1 Å². The third-order valence-corrected chi connectivity index (χ3v) is 4.52. The molecule has 1 saturated carbocycles. The fourth-order valence-corrected chi connectivity index (χ4v) is 3.01. The lowest BCUT2D eigenvalue weighted by Gasteiger charge is -2.17. The Bertz CT molecular complexity index is 745. The standard InChI is InChI=1S/C18H19FN4O/c19-14-5-1-12(2-6-14)11-23-10-8-15(18(23)24)21-16-7-9-20-17(22-16)13-3-4-13/h1-2,5-7,9,13,15H,3-4,8,10-11H2,(H,20,21,22). The minimum absolute atomic E-state index is 0.0610. The smallest absolute Gasteiger partial charge is 0.245 e. The number of carbonyl (C=O) groups excluding carboxylic acids is 1. The molecule has 24 heavy (non-hydrogen) atoms. The number of hydrogen-bond donors (Lipinski definition) is 1. The molecule has 1 unspecified atom stereocenters. The first-order valence-electron chi connectivity index (χ1n) is 8.32. The second-order valence-electron chi connectivity index (χ2n) is 6.45. The van der Waals surface area contributed by atoms with E-state index >= 15 is 0 Å². The van der Waals surface area contributed by atoms with Gasteiger partial charge in [-0.05, 0) is 43.0 Å². The molecule has 1 aliphatic carbocycles. The number of aromatic nitrogens is 2. The monoisotopic (exact) mass is 326 g/mol.